The van der Waals surface area contributed by atoms with E-state index in [2.05, 4.69) is 55.8 Å². The molecule has 5 rings (SSSR count). The van der Waals surface area contributed by atoms with Crippen LogP contribution in [0.15, 0.2) is 114 Å². The standard InChI is InChI=1S/C32H28N6O6S3/c1-17-12-26(36-37-31-29(46)14-19-13-23(45)15-27(33-18(2)39)30(19)32(31)41)28(44-3)16-25(17)35-34-20-6-10-24(11-7-20)47(42,43)38-21-4-8-22(40)9-5-21/h4-16,38,40-41,45-46H,1-3H3,(H,33,39). The van der Waals surface area contributed by atoms with Crippen molar-refractivity contribution in [3.8, 4) is 17.2 Å². The van der Waals surface area contributed by atoms with E-state index in [4.69, 9.17) is 4.74 Å². The lowest BCUT2D eigenvalue weighted by Crippen LogP contribution is -2.12. The molecule has 0 spiro atoms. The van der Waals surface area contributed by atoms with Crippen LogP contribution in [0.25, 0.3) is 10.8 Å². The number of anilines is 2. The van der Waals surface area contributed by atoms with Gasteiger partial charge in [0.2, 0.25) is 5.91 Å². The smallest absolute Gasteiger partial charge is 0.261 e. The molecule has 0 saturated heterocycles. The predicted octanol–water partition coefficient (Wildman–Crippen LogP) is 8.74. The Hall–Kier alpha value is -5.12. The van der Waals surface area contributed by atoms with Crippen LogP contribution in [0.1, 0.15) is 12.5 Å². The van der Waals surface area contributed by atoms with Crippen molar-refractivity contribution in [2.24, 2.45) is 20.5 Å². The van der Waals surface area contributed by atoms with Crippen molar-refractivity contribution >= 4 is 86.1 Å². The molecule has 0 unspecified atom stereocenters. The Bertz CT molecular complexity index is 2170. The number of azo groups is 2. The minimum Gasteiger partial charge on any atom is -0.508 e. The number of phenolic OH excluding ortho intramolecular Hbond substituents is 2. The fourth-order valence-corrected chi connectivity index (χ4v) is 6.15. The molecular formula is C32H28N6O6S3. The summed E-state index contributed by atoms with van der Waals surface area (Å²) in [6, 6.07) is 19.9. The molecule has 1 amide bonds. The van der Waals surface area contributed by atoms with Crippen LogP contribution in [0, 0.1) is 6.92 Å². The summed E-state index contributed by atoms with van der Waals surface area (Å²) >= 11 is 8.88. The van der Waals surface area contributed by atoms with E-state index in [1.165, 1.54) is 62.6 Å². The first kappa shape index (κ1) is 33.2. The molecule has 0 saturated carbocycles. The number of aromatic hydroxyl groups is 2. The molecule has 5 aromatic carbocycles. The number of thiol groups is 2. The number of ether oxygens (including phenoxy) is 1. The third kappa shape index (κ3) is 7.65. The van der Waals surface area contributed by atoms with E-state index in [9.17, 15) is 23.4 Å². The summed E-state index contributed by atoms with van der Waals surface area (Å²) in [7, 11) is -2.40. The lowest BCUT2D eigenvalue weighted by molar-refractivity contribution is -0.114. The quantitative estimate of drug-likeness (QED) is 0.0513. The monoisotopic (exact) mass is 688 g/mol. The maximum Gasteiger partial charge on any atom is 0.261 e. The van der Waals surface area contributed by atoms with Gasteiger partial charge in [0.15, 0.2) is 5.75 Å². The van der Waals surface area contributed by atoms with Gasteiger partial charge in [0.05, 0.1) is 29.1 Å². The fraction of sp³-hybridized carbons (Fsp3) is 0.0938. The number of hydrogen-bond donors (Lipinski definition) is 6. The summed E-state index contributed by atoms with van der Waals surface area (Å²) in [5.74, 6) is -0.182. The van der Waals surface area contributed by atoms with Crippen molar-refractivity contribution in [2.45, 2.75) is 28.5 Å². The Kier molecular flexibility index (Phi) is 9.69. The number of phenols is 2. The molecule has 0 bridgehead atoms. The molecule has 0 fully saturated rings. The molecule has 0 aromatic heterocycles. The number of hydrogen-bond acceptors (Lipinski definition) is 12. The first-order valence-electron chi connectivity index (χ1n) is 13.8. The van der Waals surface area contributed by atoms with Gasteiger partial charge in [-0.3, -0.25) is 9.52 Å². The Balaban J connectivity index is 1.39. The number of amides is 1. The summed E-state index contributed by atoms with van der Waals surface area (Å²) in [6.07, 6.45) is 0. The van der Waals surface area contributed by atoms with Gasteiger partial charge in [-0.15, -0.1) is 35.5 Å². The van der Waals surface area contributed by atoms with E-state index in [0.29, 0.717) is 60.3 Å². The minimum atomic E-state index is -3.86. The van der Waals surface area contributed by atoms with Gasteiger partial charge in [-0.2, -0.15) is 10.2 Å². The van der Waals surface area contributed by atoms with Crippen LogP contribution >= 0.6 is 25.3 Å². The van der Waals surface area contributed by atoms with Crippen LogP contribution in [0.3, 0.4) is 0 Å². The second-order valence-electron chi connectivity index (χ2n) is 10.2. The van der Waals surface area contributed by atoms with Crippen LogP contribution in [0.2, 0.25) is 0 Å². The van der Waals surface area contributed by atoms with Crippen molar-refractivity contribution in [1.82, 2.24) is 0 Å². The number of carbonyl (C=O) groups excluding carboxylic acids is 1. The average molecular weight is 689 g/mol. The number of methoxy groups -OCH3 is 1. The molecule has 240 valence electrons. The molecule has 47 heavy (non-hydrogen) atoms. The molecule has 12 nitrogen and oxygen atoms in total. The number of aryl methyl sites for hydroxylation is 1. The number of sulfonamides is 1. The second kappa shape index (κ2) is 13.7. The number of fused-ring (bicyclic) bond motifs is 1. The number of rotatable bonds is 9. The van der Waals surface area contributed by atoms with Crippen molar-refractivity contribution < 1.29 is 28.2 Å². The Morgan fingerprint density at radius 1 is 0.851 bits per heavy atom. The molecule has 0 aliphatic rings. The van der Waals surface area contributed by atoms with E-state index in [-0.39, 0.29) is 28.0 Å². The summed E-state index contributed by atoms with van der Waals surface area (Å²) < 4.78 is 33.4. The van der Waals surface area contributed by atoms with Crippen molar-refractivity contribution in [2.75, 3.05) is 17.1 Å². The van der Waals surface area contributed by atoms with Crippen molar-refractivity contribution in [3.05, 3.63) is 84.4 Å². The van der Waals surface area contributed by atoms with Gasteiger partial charge in [-0.25, -0.2) is 8.42 Å². The third-order valence-corrected chi connectivity index (χ3v) is 8.75. The van der Waals surface area contributed by atoms with Crippen LogP contribution in [0.4, 0.5) is 34.1 Å². The zero-order valence-electron chi connectivity index (χ0n) is 25.1. The van der Waals surface area contributed by atoms with E-state index in [0.717, 1.165) is 0 Å². The predicted molar refractivity (Wildman–Crippen MR) is 186 cm³/mol. The van der Waals surface area contributed by atoms with Gasteiger partial charge >= 0.3 is 0 Å². The molecule has 0 atom stereocenters. The van der Waals surface area contributed by atoms with Gasteiger partial charge in [-0.05, 0) is 90.7 Å². The SMILES string of the molecule is COc1cc(N=Nc2ccc(S(=O)(=O)Nc3ccc(O)cc3)cc2)c(C)cc1N=Nc1c(S)cc2cc(S)cc(NC(C)=O)c2c1O. The largest absolute Gasteiger partial charge is 0.508 e. The molecular weight excluding hydrogens is 661 g/mol. The minimum absolute atomic E-state index is 0.0233. The molecule has 0 aliphatic heterocycles. The third-order valence-electron chi connectivity index (χ3n) is 6.76. The second-order valence-corrected chi connectivity index (χ2v) is 12.9. The van der Waals surface area contributed by atoms with E-state index in [1.807, 2.05) is 0 Å². The zero-order chi connectivity index (χ0) is 33.9. The van der Waals surface area contributed by atoms with E-state index in [1.54, 1.807) is 37.3 Å². The topological polar surface area (TPSA) is 174 Å². The molecule has 5 aromatic rings. The Labute approximate surface area is 281 Å². The molecule has 4 N–H and O–H groups in total. The first-order chi connectivity index (χ1) is 22.3. The number of carbonyl (C=O) groups is 1. The van der Waals surface area contributed by atoms with Crippen LogP contribution < -0.4 is 14.8 Å². The van der Waals surface area contributed by atoms with Gasteiger partial charge in [-0.1, -0.05) is 0 Å². The maximum atomic E-state index is 12.7. The van der Waals surface area contributed by atoms with E-state index < -0.39 is 10.0 Å². The highest BCUT2D eigenvalue weighted by molar-refractivity contribution is 7.92. The average Bonchev–Trinajstić information content (AvgIpc) is 3.01. The Morgan fingerprint density at radius 3 is 2.19 bits per heavy atom. The lowest BCUT2D eigenvalue weighted by Gasteiger charge is -2.13. The van der Waals surface area contributed by atoms with E-state index >= 15 is 0 Å². The summed E-state index contributed by atoms with van der Waals surface area (Å²) in [6.45, 7) is 3.16. The number of nitrogens with zero attached hydrogens (tertiary/aromatic N) is 4. The fourth-order valence-electron chi connectivity index (χ4n) is 4.53. The van der Waals surface area contributed by atoms with Gasteiger partial charge in [0.25, 0.3) is 10.0 Å². The van der Waals surface area contributed by atoms with Crippen molar-refractivity contribution in [1.29, 1.82) is 0 Å². The number of benzene rings is 5. The highest BCUT2D eigenvalue weighted by Crippen LogP contribution is 2.45. The van der Waals surface area contributed by atoms with Crippen LogP contribution in [-0.4, -0.2) is 31.6 Å². The van der Waals surface area contributed by atoms with Gasteiger partial charge in [0.1, 0.15) is 22.9 Å². The van der Waals surface area contributed by atoms with Gasteiger partial charge in [0, 0.05) is 33.9 Å². The molecule has 0 radical (unpaired) electrons. The van der Waals surface area contributed by atoms with Crippen LogP contribution in [0.5, 0.6) is 17.2 Å². The highest BCUT2D eigenvalue weighted by Gasteiger charge is 2.17. The van der Waals surface area contributed by atoms with Crippen molar-refractivity contribution in [3.63, 3.8) is 0 Å². The normalized spacial score (nSPS) is 11.8. The summed E-state index contributed by atoms with van der Waals surface area (Å²) in [5, 5.41) is 41.4. The zero-order valence-corrected chi connectivity index (χ0v) is 27.7. The van der Waals surface area contributed by atoms with Crippen LogP contribution in [-0.2, 0) is 14.8 Å². The number of nitrogens with one attached hydrogen (secondary N) is 2. The maximum absolute atomic E-state index is 12.7. The molecule has 0 aliphatic carbocycles. The Morgan fingerprint density at radius 2 is 1.53 bits per heavy atom. The summed E-state index contributed by atoms with van der Waals surface area (Å²) in [5.41, 5.74) is 2.68. The molecule has 15 heteroatoms. The molecule has 0 heterocycles. The summed E-state index contributed by atoms with van der Waals surface area (Å²) in [4.78, 5) is 12.7. The lowest BCUT2D eigenvalue weighted by atomic mass is 10.1. The highest BCUT2D eigenvalue weighted by atomic mass is 32.2. The van der Waals surface area contributed by atoms with Gasteiger partial charge < -0.3 is 20.3 Å². The first-order valence-corrected chi connectivity index (χ1v) is 16.2.